The summed E-state index contributed by atoms with van der Waals surface area (Å²) < 4.78 is 11.5. The van der Waals surface area contributed by atoms with Crippen molar-refractivity contribution in [1.29, 1.82) is 0 Å². The van der Waals surface area contributed by atoms with Crippen LogP contribution in [0, 0.1) is 0 Å². The van der Waals surface area contributed by atoms with Crippen LogP contribution in [0.3, 0.4) is 0 Å². The fraction of sp³-hybridized carbons (Fsp3) is 0.0870. The molecule has 6 rings (SSSR count). The van der Waals surface area contributed by atoms with Crippen molar-refractivity contribution in [2.45, 2.75) is 6.61 Å². The number of halogens is 1. The van der Waals surface area contributed by atoms with Gasteiger partial charge in [0.2, 0.25) is 5.95 Å². The van der Waals surface area contributed by atoms with E-state index in [0.29, 0.717) is 28.2 Å². The number of hydrogen-bond acceptors (Lipinski definition) is 7. The Morgan fingerprint density at radius 3 is 2.82 bits per heavy atom. The Kier molecular flexibility index (Phi) is 4.84. The van der Waals surface area contributed by atoms with E-state index >= 15 is 0 Å². The lowest BCUT2D eigenvalue weighted by Crippen LogP contribution is -2.02. The molecule has 0 aliphatic heterocycles. The van der Waals surface area contributed by atoms with E-state index in [-0.39, 0.29) is 6.61 Å². The van der Waals surface area contributed by atoms with Gasteiger partial charge in [0.25, 0.3) is 0 Å². The molecule has 0 aliphatic rings. The monoisotopic (exact) mass is 471 g/mol. The molecule has 5 heterocycles. The molecule has 1 aromatic carbocycles. The number of benzene rings is 1. The maximum absolute atomic E-state index is 6.19. The summed E-state index contributed by atoms with van der Waals surface area (Å²) in [4.78, 5) is 8.98. The average Bonchev–Trinajstić information content (AvgIpc) is 3.57. The molecular weight excluding hydrogens is 454 g/mol. The highest BCUT2D eigenvalue weighted by atomic mass is 35.5. The molecule has 0 amide bonds. The van der Waals surface area contributed by atoms with Crippen LogP contribution in [-0.4, -0.2) is 38.7 Å². The van der Waals surface area contributed by atoms with Gasteiger partial charge in [0.05, 0.1) is 22.4 Å². The molecule has 0 unspecified atom stereocenters. The molecule has 0 aliphatic carbocycles. The molecule has 5 aromatic heterocycles. The van der Waals surface area contributed by atoms with Gasteiger partial charge in [0, 0.05) is 43.5 Å². The minimum Gasteiger partial charge on any atom is -0.484 e. The number of fused-ring (bicyclic) bond motifs is 3. The molecule has 168 valence electrons. The lowest BCUT2D eigenvalue weighted by Gasteiger charge is -2.06. The summed E-state index contributed by atoms with van der Waals surface area (Å²) in [5, 5.41) is 16.6. The maximum atomic E-state index is 6.19. The third-order valence-electron chi connectivity index (χ3n) is 5.43. The molecule has 0 atom stereocenters. The topological polar surface area (TPSA) is 99.5 Å². The highest BCUT2D eigenvalue weighted by Gasteiger charge is 2.13. The standard InChI is InChI=1S/C23H18ClN9O/c1-31-20(7-9-26-31)28-23-25-8-6-17(27-23)15-12-18-22-30-29-21(33(22)11-10-32(18)13-15)14-34-19-5-3-2-4-16(19)24/h2-13H,14H2,1H3,(H,25,27,28). The third-order valence-corrected chi connectivity index (χ3v) is 5.74. The van der Waals surface area contributed by atoms with E-state index < -0.39 is 0 Å². The van der Waals surface area contributed by atoms with E-state index in [4.69, 9.17) is 16.3 Å². The number of para-hydroxylation sites is 1. The Hall–Kier alpha value is -4.44. The van der Waals surface area contributed by atoms with Crippen LogP contribution in [0.2, 0.25) is 5.02 Å². The summed E-state index contributed by atoms with van der Waals surface area (Å²) in [6, 6.07) is 13.1. The molecule has 0 spiro atoms. The van der Waals surface area contributed by atoms with E-state index in [9.17, 15) is 0 Å². The van der Waals surface area contributed by atoms with Gasteiger partial charge in [-0.05, 0) is 24.3 Å². The van der Waals surface area contributed by atoms with Gasteiger partial charge in [0.1, 0.15) is 18.2 Å². The van der Waals surface area contributed by atoms with Crippen LogP contribution in [0.25, 0.3) is 22.4 Å². The number of aromatic nitrogens is 8. The molecule has 0 saturated heterocycles. The van der Waals surface area contributed by atoms with Crippen molar-refractivity contribution in [2.75, 3.05) is 5.32 Å². The Morgan fingerprint density at radius 1 is 1.06 bits per heavy atom. The van der Waals surface area contributed by atoms with Crippen molar-refractivity contribution in [1.82, 2.24) is 38.7 Å². The lowest BCUT2D eigenvalue weighted by molar-refractivity contribution is 0.294. The number of hydrogen-bond donors (Lipinski definition) is 1. The van der Waals surface area contributed by atoms with Gasteiger partial charge in [-0.25, -0.2) is 9.97 Å². The van der Waals surface area contributed by atoms with Crippen LogP contribution in [0.1, 0.15) is 5.82 Å². The second-order valence-electron chi connectivity index (χ2n) is 7.58. The molecular formula is C23H18ClN9O. The fourth-order valence-electron chi connectivity index (χ4n) is 3.71. The van der Waals surface area contributed by atoms with Gasteiger partial charge < -0.3 is 14.5 Å². The van der Waals surface area contributed by atoms with Crippen LogP contribution in [-0.2, 0) is 13.7 Å². The number of rotatable bonds is 6. The predicted molar refractivity (Wildman–Crippen MR) is 127 cm³/mol. The maximum Gasteiger partial charge on any atom is 0.228 e. The minimum atomic E-state index is 0.240. The zero-order valence-electron chi connectivity index (χ0n) is 18.0. The summed E-state index contributed by atoms with van der Waals surface area (Å²) in [6.07, 6.45) is 9.29. The Balaban J connectivity index is 1.31. The molecule has 6 aromatic rings. The van der Waals surface area contributed by atoms with Crippen molar-refractivity contribution in [3.63, 3.8) is 0 Å². The van der Waals surface area contributed by atoms with Crippen LogP contribution in [0.4, 0.5) is 11.8 Å². The molecule has 1 N–H and O–H groups in total. The highest BCUT2D eigenvalue weighted by Crippen LogP contribution is 2.26. The first-order valence-electron chi connectivity index (χ1n) is 10.5. The SMILES string of the molecule is Cn1nccc1Nc1nccc(-c2cc3c4nnc(COc5ccccc5Cl)n4ccn3c2)n1. The quantitative estimate of drug-likeness (QED) is 0.389. The molecule has 0 bridgehead atoms. The molecule has 0 saturated carbocycles. The first-order valence-corrected chi connectivity index (χ1v) is 10.8. The van der Waals surface area contributed by atoms with Crippen molar-refractivity contribution in [2.24, 2.45) is 7.05 Å². The number of ether oxygens (including phenoxy) is 1. The van der Waals surface area contributed by atoms with Crippen LogP contribution < -0.4 is 10.1 Å². The first-order chi connectivity index (χ1) is 16.7. The van der Waals surface area contributed by atoms with E-state index in [0.717, 1.165) is 22.6 Å². The van der Waals surface area contributed by atoms with Crippen LogP contribution >= 0.6 is 11.6 Å². The molecule has 10 nitrogen and oxygen atoms in total. The van der Waals surface area contributed by atoms with Gasteiger partial charge in [0.15, 0.2) is 11.5 Å². The van der Waals surface area contributed by atoms with Gasteiger partial charge in [-0.15, -0.1) is 10.2 Å². The first kappa shape index (κ1) is 20.2. The Morgan fingerprint density at radius 2 is 1.97 bits per heavy atom. The van der Waals surface area contributed by atoms with E-state index in [1.807, 2.05) is 70.8 Å². The van der Waals surface area contributed by atoms with Crippen LogP contribution in [0.15, 0.2) is 73.4 Å². The summed E-state index contributed by atoms with van der Waals surface area (Å²) in [5.74, 6) is 2.56. The minimum absolute atomic E-state index is 0.240. The van der Waals surface area contributed by atoms with Crippen LogP contribution in [0.5, 0.6) is 5.75 Å². The Labute approximate surface area is 198 Å². The van der Waals surface area contributed by atoms with Crippen molar-refractivity contribution in [3.05, 3.63) is 84.3 Å². The van der Waals surface area contributed by atoms with Crippen molar-refractivity contribution >= 4 is 34.5 Å². The van der Waals surface area contributed by atoms with E-state index in [2.05, 4.69) is 30.6 Å². The second kappa shape index (κ2) is 8.16. The largest absolute Gasteiger partial charge is 0.484 e. The number of anilines is 2. The normalized spacial score (nSPS) is 11.4. The van der Waals surface area contributed by atoms with Gasteiger partial charge >= 0.3 is 0 Å². The predicted octanol–water partition coefficient (Wildman–Crippen LogP) is 4.15. The van der Waals surface area contributed by atoms with E-state index in [1.54, 1.807) is 23.1 Å². The van der Waals surface area contributed by atoms with Crippen molar-refractivity contribution < 1.29 is 4.74 Å². The second-order valence-corrected chi connectivity index (χ2v) is 7.99. The molecule has 0 radical (unpaired) electrons. The average molecular weight is 472 g/mol. The highest BCUT2D eigenvalue weighted by molar-refractivity contribution is 6.32. The Bertz CT molecular complexity index is 1630. The molecule has 0 fully saturated rings. The lowest BCUT2D eigenvalue weighted by atomic mass is 10.2. The third kappa shape index (κ3) is 3.59. The zero-order valence-corrected chi connectivity index (χ0v) is 18.8. The zero-order chi connectivity index (χ0) is 23.1. The summed E-state index contributed by atoms with van der Waals surface area (Å²) in [5.41, 5.74) is 3.33. The van der Waals surface area contributed by atoms with Gasteiger partial charge in [-0.3, -0.25) is 9.08 Å². The fourth-order valence-corrected chi connectivity index (χ4v) is 3.90. The summed E-state index contributed by atoms with van der Waals surface area (Å²) in [7, 11) is 1.85. The number of nitrogens with one attached hydrogen (secondary N) is 1. The van der Waals surface area contributed by atoms with E-state index in [1.165, 1.54) is 0 Å². The smallest absolute Gasteiger partial charge is 0.228 e. The van der Waals surface area contributed by atoms with Gasteiger partial charge in [-0.1, -0.05) is 23.7 Å². The number of nitrogens with zero attached hydrogens (tertiary/aromatic N) is 8. The molecule has 34 heavy (non-hydrogen) atoms. The van der Waals surface area contributed by atoms with Crippen molar-refractivity contribution in [3.8, 4) is 17.0 Å². The molecule has 11 heteroatoms. The number of aryl methyl sites for hydroxylation is 1. The van der Waals surface area contributed by atoms with Gasteiger partial charge in [-0.2, -0.15) is 5.10 Å². The summed E-state index contributed by atoms with van der Waals surface area (Å²) >= 11 is 6.19. The summed E-state index contributed by atoms with van der Waals surface area (Å²) in [6.45, 7) is 0.240.